The molecule has 0 spiro atoms. The summed E-state index contributed by atoms with van der Waals surface area (Å²) in [6.07, 6.45) is -8.25. The summed E-state index contributed by atoms with van der Waals surface area (Å²) in [5.74, 6) is -1.55. The Kier molecular flexibility index (Phi) is 4.92. The quantitative estimate of drug-likeness (QED) is 0.550. The van der Waals surface area contributed by atoms with Gasteiger partial charge in [0, 0.05) is 17.2 Å². The van der Waals surface area contributed by atoms with E-state index in [9.17, 15) is 26.7 Å². The highest BCUT2D eigenvalue weighted by molar-refractivity contribution is 5.97. The smallest absolute Gasteiger partial charge is 0.430 e. The van der Waals surface area contributed by atoms with Crippen LogP contribution in [0.1, 0.15) is 31.9 Å². The van der Waals surface area contributed by atoms with Crippen molar-refractivity contribution < 1.29 is 36.2 Å². The molecule has 0 aromatic heterocycles. The van der Waals surface area contributed by atoms with Gasteiger partial charge in [-0.15, -0.1) is 0 Å². The molecule has 1 aliphatic heterocycles. The molecule has 1 heterocycles. The average Bonchev–Trinajstić information content (AvgIpc) is 2.43. The highest BCUT2D eigenvalue weighted by atomic mass is 19.4. The van der Waals surface area contributed by atoms with Gasteiger partial charge in [0.05, 0.1) is 5.57 Å². The molecule has 3 nitrogen and oxygen atoms in total. The predicted molar refractivity (Wildman–Crippen MR) is 80.9 cm³/mol. The second-order valence-corrected chi connectivity index (χ2v) is 6.34. The third-order valence-electron chi connectivity index (χ3n) is 3.10. The Morgan fingerprint density at radius 3 is 2.36 bits per heavy atom. The third-order valence-corrected chi connectivity index (χ3v) is 3.10. The van der Waals surface area contributed by atoms with E-state index in [4.69, 9.17) is 9.47 Å². The first-order chi connectivity index (χ1) is 11.4. The maximum absolute atomic E-state index is 13.3. The van der Waals surface area contributed by atoms with Gasteiger partial charge in [-0.25, -0.2) is 4.79 Å². The molecule has 0 fully saturated rings. The second-order valence-electron chi connectivity index (χ2n) is 6.34. The van der Waals surface area contributed by atoms with Crippen LogP contribution in [0.5, 0.6) is 5.75 Å². The lowest BCUT2D eigenvalue weighted by Gasteiger charge is -2.30. The van der Waals surface area contributed by atoms with Crippen molar-refractivity contribution in [3.05, 3.63) is 41.0 Å². The summed E-state index contributed by atoms with van der Waals surface area (Å²) in [7, 11) is 0. The first-order valence-electron chi connectivity index (χ1n) is 7.22. The molecule has 0 N–H and O–H groups in total. The molecule has 8 heteroatoms. The monoisotopic (exact) mass is 362 g/mol. The highest BCUT2D eigenvalue weighted by Gasteiger charge is 2.49. The van der Waals surface area contributed by atoms with Crippen LogP contribution in [0.25, 0.3) is 12.2 Å². The van der Waals surface area contributed by atoms with Crippen LogP contribution in [-0.2, 0) is 9.53 Å². The van der Waals surface area contributed by atoms with Crippen LogP contribution < -0.4 is 4.74 Å². The van der Waals surface area contributed by atoms with Crippen molar-refractivity contribution in [1.29, 1.82) is 0 Å². The van der Waals surface area contributed by atoms with E-state index in [1.165, 1.54) is 39.0 Å². The largest absolute Gasteiger partial charge is 0.475 e. The Bertz CT molecular complexity index is 738. The van der Waals surface area contributed by atoms with Gasteiger partial charge in [-0.3, -0.25) is 0 Å². The van der Waals surface area contributed by atoms with E-state index in [1.807, 2.05) is 0 Å². The minimum Gasteiger partial charge on any atom is -0.475 e. The van der Waals surface area contributed by atoms with Crippen LogP contribution in [0, 0.1) is 0 Å². The van der Waals surface area contributed by atoms with E-state index in [0.717, 1.165) is 6.08 Å². The third kappa shape index (κ3) is 4.58. The number of carbonyl (C=O) groups excluding carboxylic acids is 1. The number of ether oxygens (including phenoxy) is 2. The van der Waals surface area contributed by atoms with Crippen molar-refractivity contribution in [2.45, 2.75) is 38.7 Å². The number of fused-ring (bicyclic) bond motifs is 1. The molecular weight excluding hydrogens is 347 g/mol. The molecule has 1 aromatic rings. The summed E-state index contributed by atoms with van der Waals surface area (Å²) in [6.45, 7) is 4.54. The lowest BCUT2D eigenvalue weighted by atomic mass is 9.98. The lowest BCUT2D eigenvalue weighted by molar-refractivity contribution is -0.189. The lowest BCUT2D eigenvalue weighted by Crippen LogP contribution is -2.42. The van der Waals surface area contributed by atoms with Crippen molar-refractivity contribution in [2.75, 3.05) is 0 Å². The molecule has 1 atom stereocenters. The van der Waals surface area contributed by atoms with E-state index in [0.29, 0.717) is 6.08 Å². The summed E-state index contributed by atoms with van der Waals surface area (Å²) < 4.78 is 74.9. The molecule has 25 heavy (non-hydrogen) atoms. The van der Waals surface area contributed by atoms with E-state index in [2.05, 4.69) is 0 Å². The highest BCUT2D eigenvalue weighted by Crippen LogP contribution is 2.40. The molecule has 1 aromatic carbocycles. The van der Waals surface area contributed by atoms with Gasteiger partial charge in [-0.2, -0.15) is 22.0 Å². The molecule has 2 rings (SSSR count). The standard InChI is InChI=1S/C17H15F5O3/c1-16(2,3)25-15(23)11-7-9-5-4-6-10(8-12(18)19)13(9)24-14(11)17(20,21)22/h4-8,14H,1-3H3. The van der Waals surface area contributed by atoms with Gasteiger partial charge in [0.2, 0.25) is 6.10 Å². The van der Waals surface area contributed by atoms with E-state index >= 15 is 0 Å². The zero-order valence-electron chi connectivity index (χ0n) is 13.6. The zero-order chi connectivity index (χ0) is 19.0. The first-order valence-corrected chi connectivity index (χ1v) is 7.22. The van der Waals surface area contributed by atoms with Gasteiger partial charge >= 0.3 is 12.1 Å². The maximum atomic E-state index is 13.3. The SMILES string of the molecule is CC(C)(C)OC(=O)C1=Cc2cccc(C=C(F)F)c2OC1C(F)(F)F. The number of rotatable bonds is 2. The first kappa shape index (κ1) is 19.0. The zero-order valence-corrected chi connectivity index (χ0v) is 13.6. The molecule has 0 radical (unpaired) electrons. The van der Waals surface area contributed by atoms with E-state index in [1.54, 1.807) is 0 Å². The minimum absolute atomic E-state index is 0.0800. The molecule has 0 bridgehead atoms. The summed E-state index contributed by atoms with van der Waals surface area (Å²) in [4.78, 5) is 12.1. The van der Waals surface area contributed by atoms with Crippen molar-refractivity contribution in [1.82, 2.24) is 0 Å². The number of hydrogen-bond acceptors (Lipinski definition) is 3. The van der Waals surface area contributed by atoms with Crippen LogP contribution in [0.15, 0.2) is 29.9 Å². The Morgan fingerprint density at radius 2 is 1.84 bits per heavy atom. The average molecular weight is 362 g/mol. The molecule has 0 amide bonds. The summed E-state index contributed by atoms with van der Waals surface area (Å²) in [5, 5.41) is 0. The molecular formula is C17H15F5O3. The van der Waals surface area contributed by atoms with Gasteiger partial charge in [-0.05, 0) is 26.8 Å². The van der Waals surface area contributed by atoms with Gasteiger partial charge < -0.3 is 9.47 Å². The predicted octanol–water partition coefficient (Wildman–Crippen LogP) is 4.97. The fourth-order valence-corrected chi connectivity index (χ4v) is 2.23. The van der Waals surface area contributed by atoms with Gasteiger partial charge in [0.25, 0.3) is 6.08 Å². The van der Waals surface area contributed by atoms with E-state index < -0.39 is 35.5 Å². The number of hydrogen-bond donors (Lipinski definition) is 0. The Morgan fingerprint density at radius 1 is 1.20 bits per heavy atom. The normalized spacial score (nSPS) is 17.1. The molecule has 1 aliphatic rings. The number of para-hydroxylation sites is 1. The number of carbonyl (C=O) groups is 1. The minimum atomic E-state index is -4.93. The van der Waals surface area contributed by atoms with Crippen LogP contribution in [-0.4, -0.2) is 23.9 Å². The number of halogens is 5. The molecule has 136 valence electrons. The topological polar surface area (TPSA) is 35.5 Å². The van der Waals surface area contributed by atoms with Crippen molar-refractivity contribution in [2.24, 2.45) is 0 Å². The van der Waals surface area contributed by atoms with Gasteiger partial charge in [0.1, 0.15) is 11.4 Å². The maximum Gasteiger partial charge on any atom is 0.430 e. The molecule has 0 aliphatic carbocycles. The Hall–Kier alpha value is -2.38. The van der Waals surface area contributed by atoms with Crippen molar-refractivity contribution in [3.63, 3.8) is 0 Å². The fourth-order valence-electron chi connectivity index (χ4n) is 2.23. The van der Waals surface area contributed by atoms with Gasteiger partial charge in [-0.1, -0.05) is 18.2 Å². The van der Waals surface area contributed by atoms with Crippen LogP contribution in [0.4, 0.5) is 22.0 Å². The molecule has 0 saturated carbocycles. The summed E-state index contributed by atoms with van der Waals surface area (Å²) in [6, 6.07) is 3.92. The Labute approximate surface area is 140 Å². The van der Waals surface area contributed by atoms with Crippen molar-refractivity contribution >= 4 is 18.1 Å². The Balaban J connectivity index is 2.56. The fraction of sp³-hybridized carbons (Fsp3) is 0.353. The van der Waals surface area contributed by atoms with Crippen LogP contribution >= 0.6 is 0 Å². The summed E-state index contributed by atoms with van der Waals surface area (Å²) in [5.41, 5.74) is -1.88. The van der Waals surface area contributed by atoms with E-state index in [-0.39, 0.29) is 16.9 Å². The van der Waals surface area contributed by atoms with Crippen LogP contribution in [0.2, 0.25) is 0 Å². The molecule has 0 saturated heterocycles. The van der Waals surface area contributed by atoms with Crippen LogP contribution in [0.3, 0.4) is 0 Å². The van der Waals surface area contributed by atoms with Gasteiger partial charge in [0.15, 0.2) is 0 Å². The molecule has 1 unspecified atom stereocenters. The number of benzene rings is 1. The van der Waals surface area contributed by atoms with Crippen molar-refractivity contribution in [3.8, 4) is 5.75 Å². The number of alkyl halides is 3. The second kappa shape index (κ2) is 6.50. The number of esters is 1. The summed E-state index contributed by atoms with van der Waals surface area (Å²) >= 11 is 0.